The molecule has 1 aliphatic rings. The highest BCUT2D eigenvalue weighted by molar-refractivity contribution is 6.30. The van der Waals surface area contributed by atoms with Crippen LogP contribution in [0.3, 0.4) is 0 Å². The summed E-state index contributed by atoms with van der Waals surface area (Å²) in [6.45, 7) is 2.23. The normalized spacial score (nSPS) is 14.0. The summed E-state index contributed by atoms with van der Waals surface area (Å²) >= 11 is 6.21. The van der Waals surface area contributed by atoms with Crippen molar-refractivity contribution in [1.29, 1.82) is 0 Å². The van der Waals surface area contributed by atoms with Crippen molar-refractivity contribution in [2.24, 2.45) is 0 Å². The number of halogens is 1. The molecule has 3 aromatic rings. The van der Waals surface area contributed by atoms with Crippen LogP contribution in [0.4, 0.5) is 5.69 Å². The minimum atomic E-state index is -1.06. The zero-order valence-electron chi connectivity index (χ0n) is 20.7. The fraction of sp³-hybridized carbons (Fsp3) is 0.321. The Bertz CT molecular complexity index is 1350. The lowest BCUT2D eigenvalue weighted by molar-refractivity contribution is -0.120. The Balaban J connectivity index is 1.66. The number of amides is 1. The summed E-state index contributed by atoms with van der Waals surface area (Å²) in [5.74, 6) is -1.05. The summed E-state index contributed by atoms with van der Waals surface area (Å²) in [6, 6.07) is 11.8. The van der Waals surface area contributed by atoms with Gasteiger partial charge in [0.25, 0.3) is 5.56 Å². The number of anilines is 1. The van der Waals surface area contributed by atoms with Crippen LogP contribution in [0, 0.1) is 6.92 Å². The Hall–Kier alpha value is -3.62. The molecule has 1 saturated carbocycles. The Morgan fingerprint density at radius 3 is 2.49 bits per heavy atom. The number of aryl methyl sites for hydroxylation is 1. The van der Waals surface area contributed by atoms with Gasteiger partial charge in [0.15, 0.2) is 0 Å². The summed E-state index contributed by atoms with van der Waals surface area (Å²) in [6.07, 6.45) is 5.12. The first-order valence-electron chi connectivity index (χ1n) is 12.1. The molecular formula is C28H29ClN2O6. The first-order valence-corrected chi connectivity index (χ1v) is 12.5. The molecule has 8 nitrogen and oxygen atoms in total. The van der Waals surface area contributed by atoms with E-state index in [4.69, 9.17) is 26.2 Å². The van der Waals surface area contributed by atoms with Gasteiger partial charge >= 0.3 is 5.97 Å². The third-order valence-corrected chi connectivity index (χ3v) is 6.82. The van der Waals surface area contributed by atoms with Gasteiger partial charge in [-0.1, -0.05) is 17.7 Å². The fourth-order valence-electron chi connectivity index (χ4n) is 4.23. The van der Waals surface area contributed by atoms with Gasteiger partial charge in [-0.25, -0.2) is 4.79 Å². The minimum Gasteiger partial charge on any atom is -0.495 e. The molecule has 1 fully saturated rings. The average Bonchev–Trinajstić information content (AvgIpc) is 2.85. The molecule has 0 aliphatic heterocycles. The zero-order chi connectivity index (χ0) is 26.5. The molecule has 194 valence electrons. The zero-order valence-corrected chi connectivity index (χ0v) is 21.5. The standard InChI is InChI=1S/C28H29ClN2O6/c1-17-6-9-19(29)14-22(17)23-15-26(32)31(16-25(23)36-2)24(12-13-37-21-4-3-5-21)27(33)30-20-10-7-18(8-11-20)28(34)35/h6-11,14-16,21,24H,3-5,12-13H2,1-2H3,(H,30,33)(H,34,35). The Morgan fingerprint density at radius 2 is 1.86 bits per heavy atom. The molecule has 1 aliphatic carbocycles. The van der Waals surface area contributed by atoms with Gasteiger partial charge in [-0.2, -0.15) is 0 Å². The number of nitrogens with zero attached hydrogens (tertiary/aromatic N) is 1. The van der Waals surface area contributed by atoms with Gasteiger partial charge in [0, 0.05) is 35.4 Å². The van der Waals surface area contributed by atoms with Gasteiger partial charge in [-0.3, -0.25) is 14.2 Å². The average molecular weight is 525 g/mol. The van der Waals surface area contributed by atoms with Crippen LogP contribution in [0.5, 0.6) is 5.75 Å². The number of carbonyl (C=O) groups is 2. The summed E-state index contributed by atoms with van der Waals surface area (Å²) < 4.78 is 12.9. The van der Waals surface area contributed by atoms with Crippen molar-refractivity contribution in [3.63, 3.8) is 0 Å². The second kappa shape index (κ2) is 11.6. The lowest BCUT2D eigenvalue weighted by atomic mass is 9.96. The van der Waals surface area contributed by atoms with Gasteiger partial charge in [-0.15, -0.1) is 0 Å². The summed E-state index contributed by atoms with van der Waals surface area (Å²) in [5.41, 5.74) is 2.43. The van der Waals surface area contributed by atoms with E-state index in [0.29, 0.717) is 28.6 Å². The number of aromatic carboxylic acids is 1. The third kappa shape index (κ3) is 6.21. The number of nitrogens with one attached hydrogen (secondary N) is 1. The Kier molecular flexibility index (Phi) is 8.31. The van der Waals surface area contributed by atoms with Crippen molar-refractivity contribution in [1.82, 2.24) is 4.57 Å². The molecule has 4 rings (SSSR count). The van der Waals surface area contributed by atoms with E-state index >= 15 is 0 Å². The molecule has 9 heteroatoms. The van der Waals surface area contributed by atoms with E-state index in [0.717, 1.165) is 30.4 Å². The maximum Gasteiger partial charge on any atom is 0.335 e. The minimum absolute atomic E-state index is 0.108. The van der Waals surface area contributed by atoms with Crippen molar-refractivity contribution in [2.75, 3.05) is 19.0 Å². The summed E-state index contributed by atoms with van der Waals surface area (Å²) in [7, 11) is 1.51. The van der Waals surface area contributed by atoms with Gasteiger partial charge in [0.1, 0.15) is 11.8 Å². The topological polar surface area (TPSA) is 107 Å². The predicted octanol–water partition coefficient (Wildman–Crippen LogP) is 5.32. The highest BCUT2D eigenvalue weighted by Crippen LogP contribution is 2.33. The quantitative estimate of drug-likeness (QED) is 0.371. The molecule has 2 N–H and O–H groups in total. The number of rotatable bonds is 10. The summed E-state index contributed by atoms with van der Waals surface area (Å²) in [5, 5.41) is 12.4. The smallest absolute Gasteiger partial charge is 0.335 e. The number of ether oxygens (including phenoxy) is 2. The van der Waals surface area contributed by atoms with Gasteiger partial charge in [-0.05, 0) is 73.7 Å². The van der Waals surface area contributed by atoms with Crippen molar-refractivity contribution in [2.45, 2.75) is 44.8 Å². The van der Waals surface area contributed by atoms with E-state index in [9.17, 15) is 14.4 Å². The molecule has 1 aromatic heterocycles. The maximum atomic E-state index is 13.4. The molecular weight excluding hydrogens is 496 g/mol. The molecule has 0 spiro atoms. The second-order valence-electron chi connectivity index (χ2n) is 9.06. The van der Waals surface area contributed by atoms with E-state index in [-0.39, 0.29) is 23.6 Å². The first-order chi connectivity index (χ1) is 17.8. The molecule has 1 amide bonds. The van der Waals surface area contributed by atoms with E-state index in [1.807, 2.05) is 13.0 Å². The lowest BCUT2D eigenvalue weighted by Crippen LogP contribution is -2.34. The van der Waals surface area contributed by atoms with Gasteiger partial charge < -0.3 is 19.9 Å². The number of carboxylic acids is 1. The molecule has 2 aromatic carbocycles. The van der Waals surface area contributed by atoms with E-state index in [2.05, 4.69) is 5.32 Å². The number of hydrogen-bond acceptors (Lipinski definition) is 5. The van der Waals surface area contributed by atoms with E-state index < -0.39 is 17.9 Å². The molecule has 1 heterocycles. The SMILES string of the molecule is COc1cn(C(CCOC2CCC2)C(=O)Nc2ccc(C(=O)O)cc2)c(=O)cc1-c1cc(Cl)ccc1C. The van der Waals surface area contributed by atoms with Crippen LogP contribution in [0.25, 0.3) is 11.1 Å². The Labute approximate surface area is 219 Å². The third-order valence-electron chi connectivity index (χ3n) is 6.59. The predicted molar refractivity (Wildman–Crippen MR) is 142 cm³/mol. The molecule has 0 saturated heterocycles. The highest BCUT2D eigenvalue weighted by atomic mass is 35.5. The van der Waals surface area contributed by atoms with Crippen molar-refractivity contribution in [3.8, 4) is 16.9 Å². The molecule has 0 radical (unpaired) electrons. The second-order valence-corrected chi connectivity index (χ2v) is 9.50. The van der Waals surface area contributed by atoms with Gasteiger partial charge in [0.05, 0.1) is 25.0 Å². The number of hydrogen-bond donors (Lipinski definition) is 2. The monoisotopic (exact) mass is 524 g/mol. The van der Waals surface area contributed by atoms with Crippen molar-refractivity contribution in [3.05, 3.63) is 81.2 Å². The molecule has 1 unspecified atom stereocenters. The summed E-state index contributed by atoms with van der Waals surface area (Å²) in [4.78, 5) is 37.9. The van der Waals surface area contributed by atoms with E-state index in [1.54, 1.807) is 18.3 Å². The number of carbonyl (C=O) groups excluding carboxylic acids is 1. The van der Waals surface area contributed by atoms with Crippen molar-refractivity contribution >= 4 is 29.2 Å². The number of methoxy groups -OCH3 is 1. The fourth-order valence-corrected chi connectivity index (χ4v) is 4.40. The van der Waals surface area contributed by atoms with Crippen LogP contribution in [0.15, 0.2) is 59.5 Å². The molecule has 1 atom stereocenters. The van der Waals surface area contributed by atoms with E-state index in [1.165, 1.54) is 42.0 Å². The molecule has 0 bridgehead atoms. The van der Waals surface area contributed by atoms with Crippen LogP contribution in [0.1, 0.15) is 47.6 Å². The number of aromatic nitrogens is 1. The van der Waals surface area contributed by atoms with Crippen LogP contribution in [-0.4, -0.2) is 41.4 Å². The van der Waals surface area contributed by atoms with Crippen LogP contribution < -0.4 is 15.6 Å². The maximum absolute atomic E-state index is 13.4. The number of pyridine rings is 1. The number of benzene rings is 2. The van der Waals surface area contributed by atoms with Crippen LogP contribution in [-0.2, 0) is 9.53 Å². The van der Waals surface area contributed by atoms with Gasteiger partial charge in [0.2, 0.25) is 5.91 Å². The number of carboxylic acid groups (broad SMARTS) is 1. The van der Waals surface area contributed by atoms with Crippen LogP contribution in [0.2, 0.25) is 5.02 Å². The highest BCUT2D eigenvalue weighted by Gasteiger charge is 2.25. The van der Waals surface area contributed by atoms with Crippen molar-refractivity contribution < 1.29 is 24.2 Å². The Morgan fingerprint density at radius 1 is 1.14 bits per heavy atom. The largest absolute Gasteiger partial charge is 0.495 e. The molecule has 37 heavy (non-hydrogen) atoms. The lowest BCUT2D eigenvalue weighted by Gasteiger charge is -2.27. The first kappa shape index (κ1) is 26.4. The van der Waals surface area contributed by atoms with Crippen LogP contribution >= 0.6 is 11.6 Å².